The first-order chi connectivity index (χ1) is 5.89. The first-order valence-electron chi connectivity index (χ1n) is 5.20. The SMILES string of the molecule is CC(CC1CC1)NC(=O)C(C)(C)C. The minimum absolute atomic E-state index is 0.167. The zero-order chi connectivity index (χ0) is 10.1. The monoisotopic (exact) mass is 183 g/mol. The van der Waals surface area contributed by atoms with Crippen LogP contribution in [0, 0.1) is 11.3 Å². The predicted octanol–water partition coefficient (Wildman–Crippen LogP) is 2.34. The van der Waals surface area contributed by atoms with Crippen LogP contribution in [0.3, 0.4) is 0 Å². The Bertz CT molecular complexity index is 189. The molecule has 0 radical (unpaired) electrons. The number of hydrogen-bond donors (Lipinski definition) is 1. The zero-order valence-electron chi connectivity index (χ0n) is 9.18. The molecule has 13 heavy (non-hydrogen) atoms. The Hall–Kier alpha value is -0.530. The molecule has 0 spiro atoms. The van der Waals surface area contributed by atoms with E-state index in [1.54, 1.807) is 0 Å². The number of hydrogen-bond acceptors (Lipinski definition) is 1. The molecule has 0 aromatic carbocycles. The molecule has 0 bridgehead atoms. The van der Waals surface area contributed by atoms with E-state index in [9.17, 15) is 4.79 Å². The van der Waals surface area contributed by atoms with Crippen molar-refractivity contribution >= 4 is 5.91 Å². The van der Waals surface area contributed by atoms with Crippen molar-refractivity contribution in [2.75, 3.05) is 0 Å². The van der Waals surface area contributed by atoms with E-state index in [0.717, 1.165) is 12.3 Å². The largest absolute Gasteiger partial charge is 0.353 e. The molecule has 0 heterocycles. The van der Waals surface area contributed by atoms with Crippen LogP contribution in [0.15, 0.2) is 0 Å². The normalized spacial score (nSPS) is 19.7. The summed E-state index contributed by atoms with van der Waals surface area (Å²) in [6.07, 6.45) is 3.87. The van der Waals surface area contributed by atoms with Crippen LogP contribution in [0.1, 0.15) is 47.0 Å². The van der Waals surface area contributed by atoms with Gasteiger partial charge in [0.15, 0.2) is 0 Å². The predicted molar refractivity (Wildman–Crippen MR) is 54.4 cm³/mol. The maximum absolute atomic E-state index is 11.6. The van der Waals surface area contributed by atoms with E-state index in [1.807, 2.05) is 20.8 Å². The van der Waals surface area contributed by atoms with E-state index in [1.165, 1.54) is 12.8 Å². The molecule has 0 aromatic rings. The first-order valence-corrected chi connectivity index (χ1v) is 5.20. The molecule has 2 heteroatoms. The second-order valence-corrected chi connectivity index (χ2v) is 5.30. The third-order valence-corrected chi connectivity index (χ3v) is 2.44. The van der Waals surface area contributed by atoms with Crippen LogP contribution in [0.2, 0.25) is 0 Å². The van der Waals surface area contributed by atoms with E-state index >= 15 is 0 Å². The molecule has 1 aliphatic rings. The number of amides is 1. The number of rotatable bonds is 3. The maximum atomic E-state index is 11.6. The fourth-order valence-electron chi connectivity index (χ4n) is 1.35. The van der Waals surface area contributed by atoms with Crippen molar-refractivity contribution in [1.82, 2.24) is 5.32 Å². The van der Waals surface area contributed by atoms with Crippen LogP contribution in [0.25, 0.3) is 0 Å². The molecule has 0 aliphatic heterocycles. The van der Waals surface area contributed by atoms with E-state index < -0.39 is 0 Å². The van der Waals surface area contributed by atoms with Gasteiger partial charge in [0.25, 0.3) is 0 Å². The molecule has 1 aliphatic carbocycles. The Kier molecular flexibility index (Phi) is 2.99. The molecule has 1 unspecified atom stereocenters. The lowest BCUT2D eigenvalue weighted by Gasteiger charge is -2.21. The Morgan fingerprint density at radius 1 is 1.46 bits per heavy atom. The minimum atomic E-state index is -0.252. The number of nitrogens with one attached hydrogen (secondary N) is 1. The molecule has 2 nitrogen and oxygen atoms in total. The van der Waals surface area contributed by atoms with Gasteiger partial charge in [0.2, 0.25) is 5.91 Å². The van der Waals surface area contributed by atoms with Crippen molar-refractivity contribution in [3.8, 4) is 0 Å². The number of carbonyl (C=O) groups excluding carboxylic acids is 1. The summed E-state index contributed by atoms with van der Waals surface area (Å²) in [6, 6.07) is 0.347. The van der Waals surface area contributed by atoms with Gasteiger partial charge in [0, 0.05) is 11.5 Å². The van der Waals surface area contributed by atoms with Crippen molar-refractivity contribution in [3.05, 3.63) is 0 Å². The molecule has 1 fully saturated rings. The molecule has 0 saturated heterocycles. The lowest BCUT2D eigenvalue weighted by atomic mass is 9.95. The molecular formula is C11H21NO. The molecule has 76 valence electrons. The quantitative estimate of drug-likeness (QED) is 0.715. The van der Waals surface area contributed by atoms with Gasteiger partial charge in [0.05, 0.1) is 0 Å². The third kappa shape index (κ3) is 3.79. The smallest absolute Gasteiger partial charge is 0.225 e. The highest BCUT2D eigenvalue weighted by Crippen LogP contribution is 2.33. The van der Waals surface area contributed by atoms with Gasteiger partial charge >= 0.3 is 0 Å². The average molecular weight is 183 g/mol. The molecule has 1 saturated carbocycles. The summed E-state index contributed by atoms with van der Waals surface area (Å²) in [5.41, 5.74) is -0.252. The van der Waals surface area contributed by atoms with Gasteiger partial charge in [-0.25, -0.2) is 0 Å². The number of carbonyl (C=O) groups is 1. The van der Waals surface area contributed by atoms with E-state index in [4.69, 9.17) is 0 Å². The molecule has 1 N–H and O–H groups in total. The van der Waals surface area contributed by atoms with Crippen molar-refractivity contribution < 1.29 is 4.79 Å². The molecule has 0 aromatic heterocycles. The first kappa shape index (κ1) is 10.6. The van der Waals surface area contributed by atoms with Gasteiger partial charge in [-0.1, -0.05) is 33.6 Å². The van der Waals surface area contributed by atoms with Gasteiger partial charge in [-0.15, -0.1) is 0 Å². The fourth-order valence-corrected chi connectivity index (χ4v) is 1.35. The van der Waals surface area contributed by atoms with Gasteiger partial charge in [-0.2, -0.15) is 0 Å². The fraction of sp³-hybridized carbons (Fsp3) is 0.909. The highest BCUT2D eigenvalue weighted by molar-refractivity contribution is 5.81. The Balaban J connectivity index is 2.25. The van der Waals surface area contributed by atoms with Crippen LogP contribution in [0.4, 0.5) is 0 Å². The average Bonchev–Trinajstić information content (AvgIpc) is 2.68. The topological polar surface area (TPSA) is 29.1 Å². The van der Waals surface area contributed by atoms with E-state index in [0.29, 0.717) is 6.04 Å². The summed E-state index contributed by atoms with van der Waals surface area (Å²) in [7, 11) is 0. The Morgan fingerprint density at radius 2 is 2.00 bits per heavy atom. The van der Waals surface area contributed by atoms with Crippen LogP contribution < -0.4 is 5.32 Å². The van der Waals surface area contributed by atoms with Gasteiger partial charge in [-0.3, -0.25) is 4.79 Å². The van der Waals surface area contributed by atoms with E-state index in [-0.39, 0.29) is 11.3 Å². The van der Waals surface area contributed by atoms with Crippen molar-refractivity contribution in [3.63, 3.8) is 0 Å². The Labute approximate surface area is 81.1 Å². The van der Waals surface area contributed by atoms with Crippen LogP contribution in [-0.4, -0.2) is 11.9 Å². The summed E-state index contributed by atoms with van der Waals surface area (Å²) in [5.74, 6) is 1.05. The lowest BCUT2D eigenvalue weighted by Crippen LogP contribution is -2.40. The second kappa shape index (κ2) is 3.69. The summed E-state index contributed by atoms with van der Waals surface area (Å²) < 4.78 is 0. The molecule has 1 rings (SSSR count). The van der Waals surface area contributed by atoms with Gasteiger partial charge < -0.3 is 5.32 Å². The summed E-state index contributed by atoms with van der Waals surface area (Å²) >= 11 is 0. The van der Waals surface area contributed by atoms with Crippen molar-refractivity contribution in [1.29, 1.82) is 0 Å². The van der Waals surface area contributed by atoms with Crippen LogP contribution in [-0.2, 0) is 4.79 Å². The molecular weight excluding hydrogens is 162 g/mol. The van der Waals surface area contributed by atoms with Crippen LogP contribution >= 0.6 is 0 Å². The van der Waals surface area contributed by atoms with Crippen molar-refractivity contribution in [2.24, 2.45) is 11.3 Å². The standard InChI is InChI=1S/C11H21NO/c1-8(7-9-5-6-9)12-10(13)11(2,3)4/h8-9H,5-7H2,1-4H3,(H,12,13). The molecule has 1 atom stereocenters. The minimum Gasteiger partial charge on any atom is -0.353 e. The zero-order valence-corrected chi connectivity index (χ0v) is 9.18. The lowest BCUT2D eigenvalue weighted by molar-refractivity contribution is -0.129. The second-order valence-electron chi connectivity index (χ2n) is 5.30. The van der Waals surface area contributed by atoms with Crippen LogP contribution in [0.5, 0.6) is 0 Å². The van der Waals surface area contributed by atoms with Gasteiger partial charge in [-0.05, 0) is 19.3 Å². The van der Waals surface area contributed by atoms with Crippen molar-refractivity contribution in [2.45, 2.75) is 53.0 Å². The summed E-state index contributed by atoms with van der Waals surface area (Å²) in [5, 5.41) is 3.05. The van der Waals surface area contributed by atoms with E-state index in [2.05, 4.69) is 12.2 Å². The third-order valence-electron chi connectivity index (χ3n) is 2.44. The highest BCUT2D eigenvalue weighted by atomic mass is 16.2. The highest BCUT2D eigenvalue weighted by Gasteiger charge is 2.27. The summed E-state index contributed by atoms with van der Waals surface area (Å²) in [6.45, 7) is 7.95. The summed E-state index contributed by atoms with van der Waals surface area (Å²) in [4.78, 5) is 11.6. The molecule has 1 amide bonds. The Morgan fingerprint density at radius 3 is 2.38 bits per heavy atom. The van der Waals surface area contributed by atoms with Gasteiger partial charge in [0.1, 0.15) is 0 Å². The maximum Gasteiger partial charge on any atom is 0.225 e.